The molecule has 1 aliphatic carbocycles. The molecule has 1 fully saturated rings. The van der Waals surface area contributed by atoms with Crippen molar-refractivity contribution < 1.29 is 32.6 Å². The number of nitrogens with zero attached hydrogens (tertiary/aromatic N) is 3. The first kappa shape index (κ1) is 27.7. The van der Waals surface area contributed by atoms with Gasteiger partial charge in [0.2, 0.25) is 18.5 Å². The van der Waals surface area contributed by atoms with Crippen molar-refractivity contribution in [3.63, 3.8) is 0 Å². The van der Waals surface area contributed by atoms with Crippen LogP contribution in [-0.4, -0.2) is 51.0 Å². The van der Waals surface area contributed by atoms with Gasteiger partial charge in [0.05, 0.1) is 25.1 Å². The van der Waals surface area contributed by atoms with Crippen LogP contribution in [0.1, 0.15) is 39.7 Å². The Hall–Kier alpha value is -3.87. The number of benzene rings is 1. The van der Waals surface area contributed by atoms with Crippen molar-refractivity contribution in [1.82, 2.24) is 24.6 Å². The van der Waals surface area contributed by atoms with Gasteiger partial charge < -0.3 is 29.0 Å². The summed E-state index contributed by atoms with van der Waals surface area (Å²) in [6.07, 6.45) is 2.46. The second kappa shape index (κ2) is 11.0. The molecule has 0 bridgehead atoms. The Morgan fingerprint density at radius 2 is 2.12 bits per heavy atom. The zero-order valence-corrected chi connectivity index (χ0v) is 23.2. The minimum atomic E-state index is -4.16. The van der Waals surface area contributed by atoms with Crippen LogP contribution in [0.5, 0.6) is 17.2 Å². The van der Waals surface area contributed by atoms with E-state index in [4.69, 9.17) is 29.0 Å². The minimum absolute atomic E-state index is 0.00992. The van der Waals surface area contributed by atoms with E-state index in [1.165, 1.54) is 13.3 Å². The van der Waals surface area contributed by atoms with Crippen molar-refractivity contribution in [2.24, 2.45) is 5.92 Å². The Bertz CT molecular complexity index is 1550. The fourth-order valence-corrected chi connectivity index (χ4v) is 6.23. The summed E-state index contributed by atoms with van der Waals surface area (Å²) in [6, 6.07) is 3.68. The molecule has 1 aromatic carbocycles. The first-order chi connectivity index (χ1) is 19.0. The number of imidazole rings is 1. The summed E-state index contributed by atoms with van der Waals surface area (Å²) in [5.41, 5.74) is 6.61. The number of nitrogen functional groups attached to an aromatic ring is 1. The quantitative estimate of drug-likeness (QED) is 0.183. The van der Waals surface area contributed by atoms with Gasteiger partial charge in [0.1, 0.15) is 6.04 Å². The molecule has 2 aromatic heterocycles. The van der Waals surface area contributed by atoms with E-state index in [1.807, 2.05) is 0 Å². The van der Waals surface area contributed by atoms with Crippen LogP contribution in [-0.2, 0) is 18.6 Å². The lowest BCUT2D eigenvalue weighted by Crippen LogP contribution is -2.36. The summed E-state index contributed by atoms with van der Waals surface area (Å²) in [4.78, 5) is 35.6. The molecule has 4 N–H and O–H groups in total. The Labute approximate surface area is 229 Å². The Morgan fingerprint density at radius 3 is 2.90 bits per heavy atom. The van der Waals surface area contributed by atoms with Crippen molar-refractivity contribution in [2.75, 3.05) is 19.1 Å². The molecule has 1 saturated carbocycles. The smallest absolute Gasteiger partial charge is 0.459 e. The van der Waals surface area contributed by atoms with Gasteiger partial charge >= 0.3 is 13.7 Å². The standard InChI is InChI=1S/C25H31N6O8P/c1-13(2)38-24(33)15(4)30-40(34,39-19-7-5-6-18-21(19)36-12-35-18)37-10-16-8-9-17(14(16)3)31-11-27-20-22(31)28-25(26)29-23(20)32/h5-7,11,13,15-17H,3,8-10,12H2,1-2,4H3,(H,30,34)(H3,26,28,29,32). The van der Waals surface area contributed by atoms with Crippen LogP contribution in [0.15, 0.2) is 41.5 Å². The largest absolute Gasteiger partial charge is 0.462 e. The molecule has 1 aliphatic heterocycles. The van der Waals surface area contributed by atoms with Gasteiger partial charge in [-0.2, -0.15) is 10.1 Å². The van der Waals surface area contributed by atoms with Crippen LogP contribution in [0.2, 0.25) is 0 Å². The highest BCUT2D eigenvalue weighted by atomic mass is 31.2. The van der Waals surface area contributed by atoms with Crippen molar-refractivity contribution in [1.29, 1.82) is 0 Å². The molecule has 14 nitrogen and oxygen atoms in total. The molecule has 3 heterocycles. The summed E-state index contributed by atoms with van der Waals surface area (Å²) in [7, 11) is -4.16. The molecule has 0 radical (unpaired) electrons. The van der Waals surface area contributed by atoms with Gasteiger partial charge in [-0.3, -0.25) is 19.1 Å². The van der Waals surface area contributed by atoms with Crippen LogP contribution in [0.25, 0.3) is 11.2 Å². The molecule has 0 saturated heterocycles. The Kier molecular flexibility index (Phi) is 7.58. The molecule has 40 heavy (non-hydrogen) atoms. The molecule has 4 unspecified atom stereocenters. The zero-order chi connectivity index (χ0) is 28.6. The van der Waals surface area contributed by atoms with E-state index in [2.05, 4.69) is 26.6 Å². The highest BCUT2D eigenvalue weighted by Crippen LogP contribution is 2.52. The average Bonchev–Trinajstić information content (AvgIpc) is 3.61. The summed E-state index contributed by atoms with van der Waals surface area (Å²) in [5.74, 6) is 0.00318. The number of para-hydroxylation sites is 1. The van der Waals surface area contributed by atoms with Crippen molar-refractivity contribution >= 4 is 30.8 Å². The first-order valence-electron chi connectivity index (χ1n) is 12.8. The predicted molar refractivity (Wildman–Crippen MR) is 144 cm³/mol. The number of carbonyl (C=O) groups is 1. The fraction of sp³-hybridized carbons (Fsp3) is 0.440. The monoisotopic (exact) mass is 574 g/mol. The van der Waals surface area contributed by atoms with E-state index in [0.717, 1.165) is 5.57 Å². The highest BCUT2D eigenvalue weighted by Gasteiger charge is 2.38. The van der Waals surface area contributed by atoms with E-state index >= 15 is 0 Å². The first-order valence-corrected chi connectivity index (χ1v) is 14.3. The molecular weight excluding hydrogens is 543 g/mol. The van der Waals surface area contributed by atoms with Gasteiger partial charge in [0.15, 0.2) is 22.7 Å². The number of rotatable bonds is 10. The highest BCUT2D eigenvalue weighted by molar-refractivity contribution is 7.52. The molecule has 3 aromatic rings. The second-order valence-corrected chi connectivity index (χ2v) is 11.5. The molecule has 5 rings (SSSR count). The number of ether oxygens (including phenoxy) is 3. The molecule has 15 heteroatoms. The number of hydrogen-bond acceptors (Lipinski definition) is 11. The lowest BCUT2D eigenvalue weighted by molar-refractivity contribution is -0.149. The van der Waals surface area contributed by atoms with Gasteiger partial charge in [-0.1, -0.05) is 12.6 Å². The average molecular weight is 575 g/mol. The fourth-order valence-electron chi connectivity index (χ4n) is 4.69. The van der Waals surface area contributed by atoms with Crippen LogP contribution in [0.3, 0.4) is 0 Å². The van der Waals surface area contributed by atoms with Crippen molar-refractivity contribution in [2.45, 2.75) is 51.8 Å². The van der Waals surface area contributed by atoms with Crippen molar-refractivity contribution in [3.05, 3.63) is 47.0 Å². The number of nitrogens with two attached hydrogens (primary N) is 1. The number of aromatic amines is 1. The van der Waals surface area contributed by atoms with Gasteiger partial charge in [-0.15, -0.1) is 0 Å². The number of esters is 1. The maximum Gasteiger partial charge on any atom is 0.459 e. The van der Waals surface area contributed by atoms with E-state index in [0.29, 0.717) is 24.2 Å². The number of hydrogen-bond donors (Lipinski definition) is 3. The predicted octanol–water partition coefficient (Wildman–Crippen LogP) is 3.07. The molecule has 214 valence electrons. The molecule has 0 amide bonds. The number of nitrogens with one attached hydrogen (secondary N) is 2. The van der Waals surface area contributed by atoms with Crippen LogP contribution in [0, 0.1) is 5.92 Å². The van der Waals surface area contributed by atoms with Crippen LogP contribution >= 0.6 is 7.75 Å². The third-order valence-corrected chi connectivity index (χ3v) is 8.24. The number of anilines is 1. The number of fused-ring (bicyclic) bond motifs is 2. The molecular formula is C25H31N6O8P. The molecule has 0 spiro atoms. The third-order valence-electron chi connectivity index (χ3n) is 6.61. The van der Waals surface area contributed by atoms with Crippen LogP contribution in [0.4, 0.5) is 5.95 Å². The Balaban J connectivity index is 1.34. The molecule has 2 aliphatic rings. The normalized spacial score (nSPS) is 20.6. The summed E-state index contributed by atoms with van der Waals surface area (Å²) in [6.45, 7) is 9.15. The summed E-state index contributed by atoms with van der Waals surface area (Å²) in [5, 5.41) is 2.69. The summed E-state index contributed by atoms with van der Waals surface area (Å²) < 4.78 is 43.7. The van der Waals surface area contributed by atoms with Gasteiger partial charge in [-0.25, -0.2) is 9.55 Å². The van der Waals surface area contributed by atoms with Crippen LogP contribution < -0.4 is 30.4 Å². The number of aromatic nitrogens is 4. The minimum Gasteiger partial charge on any atom is -0.462 e. The van der Waals surface area contributed by atoms with Gasteiger partial charge in [0, 0.05) is 5.92 Å². The lowest BCUT2D eigenvalue weighted by atomic mass is 10.0. The lowest BCUT2D eigenvalue weighted by Gasteiger charge is -2.25. The SMILES string of the molecule is C=C1C(COP(=O)(NC(C)C(=O)OC(C)C)Oc2cccc3c2OCO3)CCC1n1cnc2c(=O)[nH]c(N)nc21. The van der Waals surface area contributed by atoms with E-state index in [9.17, 15) is 14.2 Å². The number of H-pyrrole nitrogens is 1. The Morgan fingerprint density at radius 1 is 1.32 bits per heavy atom. The molecule has 4 atom stereocenters. The third kappa shape index (κ3) is 5.55. The maximum absolute atomic E-state index is 14.0. The van der Waals surface area contributed by atoms with Gasteiger partial charge in [0.25, 0.3) is 5.56 Å². The van der Waals surface area contributed by atoms with E-state index in [1.54, 1.807) is 36.6 Å². The van der Waals surface area contributed by atoms with E-state index in [-0.39, 0.29) is 54.4 Å². The maximum atomic E-state index is 14.0. The van der Waals surface area contributed by atoms with Gasteiger partial charge in [-0.05, 0) is 51.3 Å². The zero-order valence-electron chi connectivity index (χ0n) is 22.3. The van der Waals surface area contributed by atoms with E-state index < -0.39 is 25.3 Å². The van der Waals surface area contributed by atoms with Crippen molar-refractivity contribution in [3.8, 4) is 17.2 Å². The summed E-state index contributed by atoms with van der Waals surface area (Å²) >= 11 is 0. The second-order valence-electron chi connectivity index (χ2n) is 9.85. The number of carbonyl (C=O) groups excluding carboxylic acids is 1. The topological polar surface area (TPSA) is 182 Å².